The zero-order chi connectivity index (χ0) is 14.5. The smallest absolute Gasteiger partial charge is 0.271 e. The highest BCUT2D eigenvalue weighted by atomic mass is 35.5. The van der Waals surface area contributed by atoms with E-state index in [9.17, 15) is 4.79 Å². The Balaban J connectivity index is 2.03. The molecule has 2 rings (SSSR count). The zero-order valence-corrected chi connectivity index (χ0v) is 12.8. The van der Waals surface area contributed by atoms with Gasteiger partial charge in [0.2, 0.25) is 0 Å². The molecule has 2 N–H and O–H groups in total. The Morgan fingerprint density at radius 3 is 2.85 bits per heavy atom. The number of carbonyl (C=O) groups excluding carboxylic acids is 1. The summed E-state index contributed by atoms with van der Waals surface area (Å²) in [6.45, 7) is 4.96. The molecule has 0 spiro atoms. The van der Waals surface area contributed by atoms with Gasteiger partial charge >= 0.3 is 0 Å². The van der Waals surface area contributed by atoms with Crippen LogP contribution in [0, 0.1) is 5.92 Å². The normalized spacial score (nSPS) is 16.4. The maximum Gasteiger partial charge on any atom is 0.271 e. The van der Waals surface area contributed by atoms with Crippen LogP contribution in [-0.2, 0) is 0 Å². The van der Waals surface area contributed by atoms with E-state index in [4.69, 9.17) is 11.6 Å². The summed E-state index contributed by atoms with van der Waals surface area (Å²) < 4.78 is 0. The van der Waals surface area contributed by atoms with E-state index in [2.05, 4.69) is 29.5 Å². The average Bonchev–Trinajstić information content (AvgIpc) is 2.35. The lowest BCUT2D eigenvalue weighted by molar-refractivity contribution is 0.0904. The summed E-state index contributed by atoms with van der Waals surface area (Å²) in [5, 5.41) is 6.57. The van der Waals surface area contributed by atoms with Gasteiger partial charge < -0.3 is 10.6 Å². The molecule has 0 aromatic carbocycles. The van der Waals surface area contributed by atoms with Crippen LogP contribution >= 0.6 is 11.6 Å². The fourth-order valence-electron chi connectivity index (χ4n) is 2.29. The number of nitrogens with zero attached hydrogens (tertiary/aromatic N) is 1. The number of amides is 1. The molecule has 5 heteroatoms. The number of aromatic nitrogens is 1. The molecular weight excluding hydrogens is 274 g/mol. The monoisotopic (exact) mass is 295 g/mol. The lowest BCUT2D eigenvalue weighted by atomic mass is 9.80. The molecule has 110 valence electrons. The molecule has 0 bridgehead atoms. The zero-order valence-electron chi connectivity index (χ0n) is 12.1. The fraction of sp³-hybridized carbons (Fsp3) is 0.600. The van der Waals surface area contributed by atoms with Crippen molar-refractivity contribution in [2.45, 2.75) is 45.6 Å². The standard InChI is InChI=1S/C15H22ClN3O/c1-3-9-17-13-8-7-12(16)14(19-13)15(20)18-10(2)11-5-4-6-11/h7-8,10-11H,3-6,9H2,1-2H3,(H,17,19)(H,18,20). The van der Waals surface area contributed by atoms with E-state index >= 15 is 0 Å². The van der Waals surface area contributed by atoms with Gasteiger partial charge in [0, 0.05) is 12.6 Å². The Morgan fingerprint density at radius 1 is 1.50 bits per heavy atom. The maximum atomic E-state index is 12.3. The molecule has 1 aromatic rings. The van der Waals surface area contributed by atoms with Gasteiger partial charge in [0.1, 0.15) is 11.5 Å². The van der Waals surface area contributed by atoms with Crippen molar-refractivity contribution >= 4 is 23.3 Å². The lowest BCUT2D eigenvalue weighted by Gasteiger charge is -2.31. The number of hydrogen-bond donors (Lipinski definition) is 2. The molecule has 1 saturated carbocycles. The van der Waals surface area contributed by atoms with Crippen LogP contribution in [0.2, 0.25) is 5.02 Å². The molecule has 1 aliphatic rings. The van der Waals surface area contributed by atoms with Gasteiger partial charge in [-0.1, -0.05) is 24.9 Å². The van der Waals surface area contributed by atoms with Crippen LogP contribution in [0.15, 0.2) is 12.1 Å². The van der Waals surface area contributed by atoms with Gasteiger partial charge in [-0.3, -0.25) is 4.79 Å². The molecule has 20 heavy (non-hydrogen) atoms. The van der Waals surface area contributed by atoms with Gasteiger partial charge in [0.25, 0.3) is 5.91 Å². The minimum atomic E-state index is -0.186. The fourth-order valence-corrected chi connectivity index (χ4v) is 2.48. The molecule has 1 amide bonds. The van der Waals surface area contributed by atoms with Gasteiger partial charge in [-0.2, -0.15) is 0 Å². The molecule has 4 nitrogen and oxygen atoms in total. The second kappa shape index (κ2) is 6.93. The van der Waals surface area contributed by atoms with Crippen molar-refractivity contribution in [2.75, 3.05) is 11.9 Å². The molecule has 1 unspecified atom stereocenters. The second-order valence-corrected chi connectivity index (χ2v) is 5.81. The van der Waals surface area contributed by atoms with E-state index in [1.54, 1.807) is 12.1 Å². The maximum absolute atomic E-state index is 12.3. The number of halogens is 1. The van der Waals surface area contributed by atoms with Crippen LogP contribution in [0.5, 0.6) is 0 Å². The summed E-state index contributed by atoms with van der Waals surface area (Å²) in [5.41, 5.74) is 0.305. The van der Waals surface area contributed by atoms with Gasteiger partial charge in [-0.25, -0.2) is 4.98 Å². The van der Waals surface area contributed by atoms with Crippen molar-refractivity contribution < 1.29 is 4.79 Å². The minimum absolute atomic E-state index is 0.182. The van der Waals surface area contributed by atoms with Crippen LogP contribution in [-0.4, -0.2) is 23.5 Å². The van der Waals surface area contributed by atoms with Crippen LogP contribution in [0.1, 0.15) is 50.0 Å². The van der Waals surface area contributed by atoms with Crippen LogP contribution in [0.4, 0.5) is 5.82 Å². The Hall–Kier alpha value is -1.29. The predicted octanol–water partition coefficient (Wildman–Crippen LogP) is 3.48. The first kappa shape index (κ1) is 15.1. The second-order valence-electron chi connectivity index (χ2n) is 5.41. The number of anilines is 1. The van der Waals surface area contributed by atoms with Crippen molar-refractivity contribution in [3.63, 3.8) is 0 Å². The van der Waals surface area contributed by atoms with E-state index in [1.165, 1.54) is 19.3 Å². The first-order valence-electron chi connectivity index (χ1n) is 7.33. The summed E-state index contributed by atoms with van der Waals surface area (Å²) >= 11 is 6.08. The molecule has 1 fully saturated rings. The van der Waals surface area contributed by atoms with Crippen LogP contribution in [0.3, 0.4) is 0 Å². The molecule has 1 atom stereocenters. The highest BCUT2D eigenvalue weighted by Gasteiger charge is 2.26. The van der Waals surface area contributed by atoms with Gasteiger partial charge in [0.15, 0.2) is 0 Å². The molecule has 0 saturated heterocycles. The third-order valence-electron chi connectivity index (χ3n) is 3.83. The SMILES string of the molecule is CCCNc1ccc(Cl)c(C(=O)NC(C)C2CCC2)n1. The van der Waals surface area contributed by atoms with E-state index in [0.717, 1.165) is 13.0 Å². The highest BCUT2D eigenvalue weighted by Crippen LogP contribution is 2.29. The first-order valence-corrected chi connectivity index (χ1v) is 7.71. The first-order chi connectivity index (χ1) is 9.61. The van der Waals surface area contributed by atoms with Gasteiger partial charge in [-0.05, 0) is 44.2 Å². The Labute approximate surface area is 125 Å². The number of pyridine rings is 1. The van der Waals surface area contributed by atoms with Crippen LogP contribution < -0.4 is 10.6 Å². The minimum Gasteiger partial charge on any atom is -0.370 e. The summed E-state index contributed by atoms with van der Waals surface area (Å²) in [6.07, 6.45) is 4.66. The third kappa shape index (κ3) is 3.63. The number of carbonyl (C=O) groups is 1. The summed E-state index contributed by atoms with van der Waals surface area (Å²) in [6, 6.07) is 3.70. The van der Waals surface area contributed by atoms with E-state index in [0.29, 0.717) is 22.5 Å². The Bertz CT molecular complexity index is 474. The summed E-state index contributed by atoms with van der Waals surface area (Å²) in [4.78, 5) is 16.6. The third-order valence-corrected chi connectivity index (χ3v) is 4.14. The Morgan fingerprint density at radius 2 is 2.25 bits per heavy atom. The summed E-state index contributed by atoms with van der Waals surface area (Å²) in [5.74, 6) is 1.10. The number of hydrogen-bond acceptors (Lipinski definition) is 3. The van der Waals surface area contributed by atoms with Crippen molar-refractivity contribution in [2.24, 2.45) is 5.92 Å². The van der Waals surface area contributed by atoms with Crippen molar-refractivity contribution in [1.29, 1.82) is 0 Å². The molecule has 0 aliphatic heterocycles. The molecular formula is C15H22ClN3O. The molecule has 1 aliphatic carbocycles. The van der Waals surface area contributed by atoms with Crippen LogP contribution in [0.25, 0.3) is 0 Å². The predicted molar refractivity (Wildman–Crippen MR) is 82.3 cm³/mol. The van der Waals surface area contributed by atoms with Gasteiger partial charge in [0.05, 0.1) is 5.02 Å². The van der Waals surface area contributed by atoms with E-state index < -0.39 is 0 Å². The van der Waals surface area contributed by atoms with Crippen molar-refractivity contribution in [3.8, 4) is 0 Å². The molecule has 1 aromatic heterocycles. The number of rotatable bonds is 6. The molecule has 0 radical (unpaired) electrons. The largest absolute Gasteiger partial charge is 0.370 e. The quantitative estimate of drug-likeness (QED) is 0.845. The Kier molecular flexibility index (Phi) is 5.24. The lowest BCUT2D eigenvalue weighted by Crippen LogP contribution is -2.41. The van der Waals surface area contributed by atoms with E-state index in [1.807, 2.05) is 0 Å². The summed E-state index contributed by atoms with van der Waals surface area (Å²) in [7, 11) is 0. The van der Waals surface area contributed by atoms with Crippen molar-refractivity contribution in [3.05, 3.63) is 22.8 Å². The topological polar surface area (TPSA) is 54.0 Å². The van der Waals surface area contributed by atoms with Crippen molar-refractivity contribution in [1.82, 2.24) is 10.3 Å². The number of nitrogens with one attached hydrogen (secondary N) is 2. The molecule has 1 heterocycles. The average molecular weight is 296 g/mol. The van der Waals surface area contributed by atoms with E-state index in [-0.39, 0.29) is 11.9 Å². The van der Waals surface area contributed by atoms with Gasteiger partial charge in [-0.15, -0.1) is 0 Å². The highest BCUT2D eigenvalue weighted by molar-refractivity contribution is 6.33.